The Morgan fingerprint density at radius 1 is 1.09 bits per heavy atom. The smallest absolute Gasteiger partial charge is 0.264 e. The third-order valence-corrected chi connectivity index (χ3v) is 8.05. The summed E-state index contributed by atoms with van der Waals surface area (Å²) in [5, 5.41) is 10.8. The van der Waals surface area contributed by atoms with Crippen LogP contribution in [0.2, 0.25) is 5.02 Å². The molecule has 3 aromatic rings. The number of aliphatic hydroxyl groups is 1. The fraction of sp³-hybridized carbons (Fsp3) is 0.200. The largest absolute Gasteiger partial charge is 0.494 e. The minimum absolute atomic E-state index is 0.170. The van der Waals surface area contributed by atoms with Gasteiger partial charge >= 0.3 is 0 Å². The molecule has 178 valence electrons. The zero-order chi connectivity index (χ0) is 24.6. The maximum absolute atomic E-state index is 14.1. The molecule has 0 radical (unpaired) electrons. The van der Waals surface area contributed by atoms with Gasteiger partial charge < -0.3 is 9.84 Å². The predicted molar refractivity (Wildman–Crippen MR) is 129 cm³/mol. The molecule has 0 spiro atoms. The second kappa shape index (κ2) is 9.37. The first-order valence-electron chi connectivity index (χ1n) is 10.4. The van der Waals surface area contributed by atoms with Crippen LogP contribution < -0.4 is 9.04 Å². The van der Waals surface area contributed by atoms with Crippen LogP contribution in [0.5, 0.6) is 5.75 Å². The lowest BCUT2D eigenvalue weighted by Crippen LogP contribution is -2.49. The van der Waals surface area contributed by atoms with Crippen molar-refractivity contribution in [3.05, 3.63) is 87.9 Å². The molecular weight excluding hydrogens is 484 g/mol. The first-order chi connectivity index (χ1) is 16.1. The number of benzene rings is 3. The lowest BCUT2D eigenvalue weighted by atomic mass is 9.95. The van der Waals surface area contributed by atoms with Crippen molar-refractivity contribution in [3.63, 3.8) is 0 Å². The Morgan fingerprint density at radius 2 is 1.85 bits per heavy atom. The zero-order valence-corrected chi connectivity index (χ0v) is 19.9. The molecule has 0 unspecified atom stereocenters. The van der Waals surface area contributed by atoms with E-state index in [4.69, 9.17) is 16.3 Å². The van der Waals surface area contributed by atoms with Gasteiger partial charge in [-0.3, -0.25) is 4.31 Å². The summed E-state index contributed by atoms with van der Waals surface area (Å²) < 4.78 is 61.3. The first kappa shape index (κ1) is 24.2. The number of nitrogens with zero attached hydrogens (tertiary/aromatic N) is 1. The van der Waals surface area contributed by atoms with Gasteiger partial charge in [-0.25, -0.2) is 17.2 Å². The van der Waals surface area contributed by atoms with Crippen molar-refractivity contribution in [1.82, 2.24) is 0 Å². The van der Waals surface area contributed by atoms with Crippen molar-refractivity contribution in [2.75, 3.05) is 11.4 Å². The van der Waals surface area contributed by atoms with Gasteiger partial charge in [-0.1, -0.05) is 35.9 Å². The summed E-state index contributed by atoms with van der Waals surface area (Å²) >= 11 is 6.09. The molecule has 1 N–H and O–H groups in total. The number of methoxy groups -OCH3 is 1. The van der Waals surface area contributed by atoms with Crippen LogP contribution >= 0.6 is 11.6 Å². The lowest BCUT2D eigenvalue weighted by Gasteiger charge is -2.39. The van der Waals surface area contributed by atoms with Crippen LogP contribution in [0.15, 0.2) is 59.5 Å². The highest BCUT2D eigenvalue weighted by Crippen LogP contribution is 2.37. The fourth-order valence-electron chi connectivity index (χ4n) is 3.95. The summed E-state index contributed by atoms with van der Waals surface area (Å²) in [6, 6.07) is 12.0. The van der Waals surface area contributed by atoms with E-state index in [9.17, 15) is 22.3 Å². The second-order valence-electron chi connectivity index (χ2n) is 7.97. The Kier molecular flexibility index (Phi) is 6.66. The number of sulfonamides is 1. The van der Waals surface area contributed by atoms with Gasteiger partial charge in [0.2, 0.25) is 0 Å². The van der Waals surface area contributed by atoms with Gasteiger partial charge in [-0.05, 0) is 54.5 Å². The predicted octanol–water partition coefficient (Wildman–Crippen LogP) is 5.30. The molecule has 2 atom stereocenters. The van der Waals surface area contributed by atoms with Crippen molar-refractivity contribution in [2.45, 2.75) is 30.4 Å². The molecule has 9 heteroatoms. The van der Waals surface area contributed by atoms with Crippen molar-refractivity contribution in [3.8, 4) is 5.75 Å². The summed E-state index contributed by atoms with van der Waals surface area (Å²) in [5.41, 5.74) is 1.83. The number of fused-ring (bicyclic) bond motifs is 1. The summed E-state index contributed by atoms with van der Waals surface area (Å²) in [7, 11) is -2.93. The van der Waals surface area contributed by atoms with Crippen molar-refractivity contribution in [1.29, 1.82) is 0 Å². The molecule has 0 amide bonds. The van der Waals surface area contributed by atoms with Crippen LogP contribution in [-0.2, 0) is 16.4 Å². The van der Waals surface area contributed by atoms with Gasteiger partial charge in [0.25, 0.3) is 10.0 Å². The second-order valence-corrected chi connectivity index (χ2v) is 10.2. The quantitative estimate of drug-likeness (QED) is 0.478. The summed E-state index contributed by atoms with van der Waals surface area (Å²) in [6.45, 7) is 1.60. The van der Waals surface area contributed by atoms with Crippen molar-refractivity contribution < 1.29 is 27.0 Å². The Morgan fingerprint density at radius 3 is 2.56 bits per heavy atom. The van der Waals surface area contributed by atoms with E-state index in [0.29, 0.717) is 16.8 Å². The molecule has 0 aliphatic carbocycles. The van der Waals surface area contributed by atoms with E-state index in [0.717, 1.165) is 22.5 Å². The lowest BCUT2D eigenvalue weighted by molar-refractivity contribution is 0.147. The van der Waals surface area contributed by atoms with E-state index >= 15 is 0 Å². The van der Waals surface area contributed by atoms with Crippen LogP contribution in [0.3, 0.4) is 0 Å². The number of ether oxygens (including phenoxy) is 1. The molecule has 5 nitrogen and oxygen atoms in total. The van der Waals surface area contributed by atoms with Crippen molar-refractivity contribution in [2.24, 2.45) is 0 Å². The Hall–Kier alpha value is -2.94. The number of rotatable bonds is 5. The SMILES string of the molecule is COc1cc(S(=O)(=O)N2c3cc(C=Cc4c(F)cccc4Cl)ccc3C[C@H](O)[C@H]2C)ccc1F. The standard InChI is InChI=1S/C25H22ClF2NO4S/c1-15-24(30)13-17-8-6-16(7-10-19-20(26)4-3-5-21(19)27)12-23(17)29(15)34(31,32)18-9-11-22(28)25(14-18)33-2/h3-12,14-15,24,30H,13H2,1-2H3/t15-,24+/m1/s1. The highest BCUT2D eigenvalue weighted by Gasteiger charge is 2.38. The fourth-order valence-corrected chi connectivity index (χ4v) is 5.90. The molecule has 0 saturated heterocycles. The van der Waals surface area contributed by atoms with Crippen molar-refractivity contribution >= 4 is 39.5 Å². The molecule has 4 rings (SSSR count). The average Bonchev–Trinajstić information content (AvgIpc) is 2.79. The van der Waals surface area contributed by atoms with Crippen LogP contribution in [-0.4, -0.2) is 32.8 Å². The number of hydrogen-bond donors (Lipinski definition) is 1. The van der Waals surface area contributed by atoms with Crippen LogP contribution in [0, 0.1) is 11.6 Å². The van der Waals surface area contributed by atoms with Gasteiger partial charge in [-0.15, -0.1) is 0 Å². The van der Waals surface area contributed by atoms with Crippen LogP contribution in [0.1, 0.15) is 23.6 Å². The molecule has 1 aliphatic rings. The van der Waals surface area contributed by atoms with E-state index in [1.807, 2.05) is 0 Å². The number of hydrogen-bond acceptors (Lipinski definition) is 4. The van der Waals surface area contributed by atoms with Gasteiger partial charge in [0.15, 0.2) is 11.6 Å². The van der Waals surface area contributed by atoms with E-state index in [-0.39, 0.29) is 27.7 Å². The number of halogens is 3. The topological polar surface area (TPSA) is 66.8 Å². The van der Waals surface area contributed by atoms with E-state index in [2.05, 4.69) is 0 Å². The van der Waals surface area contributed by atoms with E-state index in [1.165, 1.54) is 25.3 Å². The Bertz CT molecular complexity index is 1360. The van der Waals surface area contributed by atoms with Gasteiger partial charge in [0, 0.05) is 18.1 Å². The monoisotopic (exact) mass is 505 g/mol. The third-order valence-electron chi connectivity index (χ3n) is 5.82. The highest BCUT2D eigenvalue weighted by atomic mass is 35.5. The maximum atomic E-state index is 14.1. The molecule has 0 aromatic heterocycles. The normalized spacial score (nSPS) is 18.2. The van der Waals surface area contributed by atoms with Gasteiger partial charge in [0.05, 0.1) is 34.9 Å². The minimum atomic E-state index is -4.18. The van der Waals surface area contributed by atoms with Gasteiger partial charge in [-0.2, -0.15) is 0 Å². The van der Waals surface area contributed by atoms with E-state index < -0.39 is 33.8 Å². The number of aliphatic hydroxyl groups excluding tert-OH is 1. The molecular formula is C25H22ClF2NO4S. The maximum Gasteiger partial charge on any atom is 0.264 e. The molecule has 0 fully saturated rings. The molecule has 0 saturated carbocycles. The zero-order valence-electron chi connectivity index (χ0n) is 18.4. The average molecular weight is 506 g/mol. The first-order valence-corrected chi connectivity index (χ1v) is 12.3. The van der Waals surface area contributed by atoms with Crippen LogP contribution in [0.25, 0.3) is 12.2 Å². The molecule has 3 aromatic carbocycles. The molecule has 0 bridgehead atoms. The van der Waals surface area contributed by atoms with Crippen LogP contribution in [0.4, 0.5) is 14.5 Å². The molecule has 34 heavy (non-hydrogen) atoms. The minimum Gasteiger partial charge on any atom is -0.494 e. The number of anilines is 1. The summed E-state index contributed by atoms with van der Waals surface area (Å²) in [6.07, 6.45) is 2.47. The molecule has 1 heterocycles. The van der Waals surface area contributed by atoms with Gasteiger partial charge in [0.1, 0.15) is 5.82 Å². The molecule has 1 aliphatic heterocycles. The Balaban J connectivity index is 1.80. The summed E-state index contributed by atoms with van der Waals surface area (Å²) in [4.78, 5) is -0.170. The summed E-state index contributed by atoms with van der Waals surface area (Å²) in [5.74, 6) is -1.37. The Labute approximate surface area is 201 Å². The highest BCUT2D eigenvalue weighted by molar-refractivity contribution is 7.92. The third kappa shape index (κ3) is 4.41. The van der Waals surface area contributed by atoms with E-state index in [1.54, 1.807) is 37.3 Å².